The van der Waals surface area contributed by atoms with E-state index in [1.165, 1.54) is 0 Å². The Bertz CT molecular complexity index is 597. The van der Waals surface area contributed by atoms with Crippen molar-refractivity contribution in [3.63, 3.8) is 0 Å². The fourth-order valence-electron chi connectivity index (χ4n) is 2.22. The molecule has 110 valence electrons. The van der Waals surface area contributed by atoms with Gasteiger partial charge in [0.25, 0.3) is 0 Å². The van der Waals surface area contributed by atoms with E-state index in [4.69, 9.17) is 0 Å². The molecule has 0 atom stereocenters. The van der Waals surface area contributed by atoms with Crippen molar-refractivity contribution in [2.75, 3.05) is 30.2 Å². The highest BCUT2D eigenvalue weighted by Gasteiger charge is 2.25. The van der Waals surface area contributed by atoms with Gasteiger partial charge in [0.2, 0.25) is 15.9 Å². The molecule has 0 aromatic heterocycles. The number of anilines is 1. The van der Waals surface area contributed by atoms with Crippen molar-refractivity contribution in [3.05, 3.63) is 28.7 Å². The van der Waals surface area contributed by atoms with Crippen LogP contribution in [0.25, 0.3) is 0 Å². The summed E-state index contributed by atoms with van der Waals surface area (Å²) in [4.78, 5) is 13.9. The summed E-state index contributed by atoms with van der Waals surface area (Å²) in [6, 6.07) is 6.94. The standard InChI is InChI=1S/C13H17BrN2O3S/c1-20(18,19)16(12-6-4-5-11(14)9-12)10-13(17)15-7-2-3-8-15/h4-6,9H,2-3,7-8,10H2,1H3. The van der Waals surface area contributed by atoms with E-state index >= 15 is 0 Å². The van der Waals surface area contributed by atoms with Crippen LogP contribution in [0.1, 0.15) is 12.8 Å². The molecule has 0 N–H and O–H groups in total. The second-order valence-corrected chi connectivity index (χ2v) is 7.66. The number of hydrogen-bond acceptors (Lipinski definition) is 3. The van der Waals surface area contributed by atoms with Gasteiger partial charge in [-0.2, -0.15) is 0 Å². The second-order valence-electron chi connectivity index (χ2n) is 4.84. The van der Waals surface area contributed by atoms with E-state index in [0.717, 1.165) is 41.0 Å². The summed E-state index contributed by atoms with van der Waals surface area (Å²) in [6.07, 6.45) is 3.09. The van der Waals surface area contributed by atoms with Crippen molar-refractivity contribution >= 4 is 37.5 Å². The van der Waals surface area contributed by atoms with Gasteiger partial charge in [0, 0.05) is 17.6 Å². The molecule has 1 amide bonds. The van der Waals surface area contributed by atoms with Crippen molar-refractivity contribution < 1.29 is 13.2 Å². The third-order valence-electron chi connectivity index (χ3n) is 3.23. The minimum atomic E-state index is -3.49. The van der Waals surface area contributed by atoms with Crippen LogP contribution in [0.15, 0.2) is 28.7 Å². The van der Waals surface area contributed by atoms with Crippen molar-refractivity contribution in [1.29, 1.82) is 0 Å². The van der Waals surface area contributed by atoms with Gasteiger partial charge >= 0.3 is 0 Å². The number of rotatable bonds is 4. The maximum Gasteiger partial charge on any atom is 0.243 e. The van der Waals surface area contributed by atoms with E-state index in [9.17, 15) is 13.2 Å². The van der Waals surface area contributed by atoms with Crippen LogP contribution in [0, 0.1) is 0 Å². The van der Waals surface area contributed by atoms with Gasteiger partial charge < -0.3 is 4.90 Å². The first kappa shape index (κ1) is 15.3. The van der Waals surface area contributed by atoms with Gasteiger partial charge in [-0.25, -0.2) is 8.42 Å². The highest BCUT2D eigenvalue weighted by Crippen LogP contribution is 2.22. The third-order valence-corrected chi connectivity index (χ3v) is 4.87. The summed E-state index contributed by atoms with van der Waals surface area (Å²) < 4.78 is 25.8. The molecule has 5 nitrogen and oxygen atoms in total. The average Bonchev–Trinajstić information content (AvgIpc) is 2.88. The lowest BCUT2D eigenvalue weighted by Crippen LogP contribution is -2.41. The normalized spacial score (nSPS) is 15.4. The van der Waals surface area contributed by atoms with E-state index in [1.54, 1.807) is 23.1 Å². The zero-order chi connectivity index (χ0) is 14.8. The van der Waals surface area contributed by atoms with E-state index in [-0.39, 0.29) is 12.5 Å². The maximum atomic E-state index is 12.2. The molecule has 7 heteroatoms. The van der Waals surface area contributed by atoms with Crippen molar-refractivity contribution in [2.45, 2.75) is 12.8 Å². The Morgan fingerprint density at radius 1 is 1.35 bits per heavy atom. The minimum absolute atomic E-state index is 0.144. The summed E-state index contributed by atoms with van der Waals surface area (Å²) in [6.45, 7) is 1.29. The SMILES string of the molecule is CS(=O)(=O)N(CC(=O)N1CCCC1)c1cccc(Br)c1. The van der Waals surface area contributed by atoms with Crippen LogP contribution in [0.5, 0.6) is 0 Å². The molecule has 0 radical (unpaired) electrons. The monoisotopic (exact) mass is 360 g/mol. The Morgan fingerprint density at radius 3 is 2.55 bits per heavy atom. The van der Waals surface area contributed by atoms with Gasteiger partial charge in [-0.05, 0) is 31.0 Å². The number of amides is 1. The quantitative estimate of drug-likeness (QED) is 0.822. The molecule has 0 unspecified atom stereocenters. The zero-order valence-corrected chi connectivity index (χ0v) is 13.7. The van der Waals surface area contributed by atoms with Gasteiger partial charge in [0.1, 0.15) is 6.54 Å². The molecule has 1 aromatic carbocycles. The van der Waals surface area contributed by atoms with Crippen LogP contribution >= 0.6 is 15.9 Å². The molecule has 1 aromatic rings. The predicted octanol–water partition coefficient (Wildman–Crippen LogP) is 1.84. The van der Waals surface area contributed by atoms with Gasteiger partial charge in [0.15, 0.2) is 0 Å². The van der Waals surface area contributed by atoms with Gasteiger partial charge in [-0.1, -0.05) is 22.0 Å². The molecule has 1 aliphatic heterocycles. The van der Waals surface area contributed by atoms with Crippen molar-refractivity contribution in [3.8, 4) is 0 Å². The van der Waals surface area contributed by atoms with Crippen LogP contribution < -0.4 is 4.31 Å². The van der Waals surface area contributed by atoms with Crippen LogP contribution in [-0.2, 0) is 14.8 Å². The fraction of sp³-hybridized carbons (Fsp3) is 0.462. The topological polar surface area (TPSA) is 57.7 Å². The molecule has 0 spiro atoms. The van der Waals surface area contributed by atoms with Crippen molar-refractivity contribution in [2.24, 2.45) is 0 Å². The summed E-state index contributed by atoms with van der Waals surface area (Å²) >= 11 is 3.31. The first-order chi connectivity index (χ1) is 9.38. The Labute approximate surface area is 127 Å². The Hall–Kier alpha value is -1.08. The molecule has 2 rings (SSSR count). The number of hydrogen-bond donors (Lipinski definition) is 0. The largest absolute Gasteiger partial charge is 0.341 e. The molecule has 20 heavy (non-hydrogen) atoms. The van der Waals surface area contributed by atoms with Crippen molar-refractivity contribution in [1.82, 2.24) is 4.90 Å². The summed E-state index contributed by atoms with van der Waals surface area (Å²) in [5.74, 6) is -0.145. The zero-order valence-electron chi connectivity index (χ0n) is 11.3. The molecule has 1 saturated heterocycles. The molecular formula is C13H17BrN2O3S. The predicted molar refractivity (Wildman–Crippen MR) is 82.1 cm³/mol. The van der Waals surface area contributed by atoms with Crippen LogP contribution in [0.3, 0.4) is 0 Å². The molecule has 0 aliphatic carbocycles. The number of carbonyl (C=O) groups excluding carboxylic acids is 1. The molecule has 1 aliphatic rings. The molecule has 0 saturated carbocycles. The van der Waals surface area contributed by atoms with Crippen LogP contribution in [0.2, 0.25) is 0 Å². The summed E-state index contributed by atoms with van der Waals surface area (Å²) in [7, 11) is -3.49. The number of nitrogens with zero attached hydrogens (tertiary/aromatic N) is 2. The van der Waals surface area contributed by atoms with Gasteiger partial charge in [-0.15, -0.1) is 0 Å². The lowest BCUT2D eigenvalue weighted by atomic mass is 10.3. The number of halogens is 1. The van der Waals surface area contributed by atoms with Gasteiger partial charge in [0.05, 0.1) is 11.9 Å². The first-order valence-electron chi connectivity index (χ1n) is 6.39. The van der Waals surface area contributed by atoms with Crippen LogP contribution in [-0.4, -0.2) is 45.1 Å². The van der Waals surface area contributed by atoms with Crippen LogP contribution in [0.4, 0.5) is 5.69 Å². The average molecular weight is 361 g/mol. The summed E-state index contributed by atoms with van der Waals surface area (Å²) in [5, 5.41) is 0. The highest BCUT2D eigenvalue weighted by atomic mass is 79.9. The second kappa shape index (κ2) is 6.13. The maximum absolute atomic E-state index is 12.2. The fourth-order valence-corrected chi connectivity index (χ4v) is 3.45. The van der Waals surface area contributed by atoms with E-state index in [2.05, 4.69) is 15.9 Å². The molecule has 0 bridgehead atoms. The number of benzene rings is 1. The third kappa shape index (κ3) is 3.73. The Morgan fingerprint density at radius 2 is 2.00 bits per heavy atom. The number of likely N-dealkylation sites (tertiary alicyclic amines) is 1. The lowest BCUT2D eigenvalue weighted by molar-refractivity contribution is -0.128. The Balaban J connectivity index is 2.23. The van der Waals surface area contributed by atoms with Gasteiger partial charge in [-0.3, -0.25) is 9.10 Å². The smallest absolute Gasteiger partial charge is 0.243 e. The number of sulfonamides is 1. The molecule has 1 fully saturated rings. The molecular weight excluding hydrogens is 344 g/mol. The highest BCUT2D eigenvalue weighted by molar-refractivity contribution is 9.10. The van der Waals surface area contributed by atoms with E-state index < -0.39 is 10.0 Å². The Kier molecular flexibility index (Phi) is 4.70. The minimum Gasteiger partial charge on any atom is -0.341 e. The van der Waals surface area contributed by atoms with E-state index in [1.807, 2.05) is 6.07 Å². The number of carbonyl (C=O) groups is 1. The first-order valence-corrected chi connectivity index (χ1v) is 9.03. The molecule has 1 heterocycles. The lowest BCUT2D eigenvalue weighted by Gasteiger charge is -2.25. The van der Waals surface area contributed by atoms with E-state index in [0.29, 0.717) is 5.69 Å². The summed E-state index contributed by atoms with van der Waals surface area (Å²) in [5.41, 5.74) is 0.495.